The van der Waals surface area contributed by atoms with Gasteiger partial charge in [0.25, 0.3) is 0 Å². The maximum Gasteiger partial charge on any atom is 0.142 e. The predicted molar refractivity (Wildman–Crippen MR) is 83.1 cm³/mol. The van der Waals surface area contributed by atoms with Gasteiger partial charge in [-0.1, -0.05) is 48.3 Å². The molecule has 0 aliphatic rings. The van der Waals surface area contributed by atoms with Gasteiger partial charge in [0.15, 0.2) is 0 Å². The fraction of sp³-hybridized carbons (Fsp3) is 0.250. The van der Waals surface area contributed by atoms with E-state index in [4.69, 9.17) is 23.2 Å². The van der Waals surface area contributed by atoms with Crippen LogP contribution in [-0.4, -0.2) is 6.54 Å². The minimum atomic E-state index is -0.412. The van der Waals surface area contributed by atoms with Crippen molar-refractivity contribution in [2.24, 2.45) is 0 Å². The summed E-state index contributed by atoms with van der Waals surface area (Å²) in [6.45, 7) is 4.73. The summed E-state index contributed by atoms with van der Waals surface area (Å²) in [6.07, 6.45) is 0. The second-order valence-electron chi connectivity index (χ2n) is 4.67. The predicted octanol–water partition coefficient (Wildman–Crippen LogP) is 5.14. The molecular formula is C16H16Cl2FN. The maximum absolute atomic E-state index is 13.7. The lowest BCUT2D eigenvalue weighted by molar-refractivity contribution is 0.603. The highest BCUT2D eigenvalue weighted by molar-refractivity contribution is 6.31. The van der Waals surface area contributed by atoms with Gasteiger partial charge in [-0.3, -0.25) is 0 Å². The van der Waals surface area contributed by atoms with Gasteiger partial charge in [0.1, 0.15) is 5.82 Å². The highest BCUT2D eigenvalue weighted by atomic mass is 35.5. The van der Waals surface area contributed by atoms with E-state index in [1.165, 1.54) is 6.07 Å². The molecule has 0 amide bonds. The molecule has 0 saturated carbocycles. The molecule has 20 heavy (non-hydrogen) atoms. The Labute approximate surface area is 128 Å². The number of nitrogens with one attached hydrogen (secondary N) is 1. The van der Waals surface area contributed by atoms with Crippen molar-refractivity contribution in [3.05, 3.63) is 69.0 Å². The molecule has 0 fully saturated rings. The lowest BCUT2D eigenvalue weighted by Crippen LogP contribution is -2.22. The first-order valence-electron chi connectivity index (χ1n) is 6.47. The van der Waals surface area contributed by atoms with Crippen LogP contribution in [0.2, 0.25) is 10.0 Å². The lowest BCUT2D eigenvalue weighted by Gasteiger charge is -2.20. The van der Waals surface area contributed by atoms with Crippen molar-refractivity contribution in [3.63, 3.8) is 0 Å². The first-order valence-corrected chi connectivity index (χ1v) is 7.23. The van der Waals surface area contributed by atoms with Crippen molar-refractivity contribution in [2.45, 2.75) is 19.9 Å². The fourth-order valence-electron chi connectivity index (χ4n) is 2.11. The van der Waals surface area contributed by atoms with E-state index in [9.17, 15) is 4.39 Å². The van der Waals surface area contributed by atoms with Gasteiger partial charge < -0.3 is 5.32 Å². The molecule has 4 heteroatoms. The smallest absolute Gasteiger partial charge is 0.142 e. The summed E-state index contributed by atoms with van der Waals surface area (Å²) in [5.74, 6) is -0.412. The summed E-state index contributed by atoms with van der Waals surface area (Å²) in [7, 11) is 0. The standard InChI is InChI=1S/C16H16Cl2FN/c1-3-20-16(11-5-4-10(2)14(18)8-11)12-6-7-13(17)15(19)9-12/h4-9,16,20H,3H2,1-2H3. The Hall–Kier alpha value is -1.09. The summed E-state index contributed by atoms with van der Waals surface area (Å²) < 4.78 is 13.7. The van der Waals surface area contributed by atoms with Crippen LogP contribution in [0.1, 0.15) is 29.7 Å². The van der Waals surface area contributed by atoms with E-state index in [0.717, 1.165) is 23.2 Å². The molecule has 2 aromatic carbocycles. The van der Waals surface area contributed by atoms with Crippen LogP contribution in [0.5, 0.6) is 0 Å². The molecule has 0 radical (unpaired) electrons. The van der Waals surface area contributed by atoms with Gasteiger partial charge in [0.2, 0.25) is 0 Å². The largest absolute Gasteiger partial charge is 0.307 e. The number of halogens is 3. The summed E-state index contributed by atoms with van der Waals surface area (Å²) in [4.78, 5) is 0. The van der Waals surface area contributed by atoms with Gasteiger partial charge in [0, 0.05) is 5.02 Å². The van der Waals surface area contributed by atoms with Crippen molar-refractivity contribution >= 4 is 23.2 Å². The molecule has 0 saturated heterocycles. The van der Waals surface area contributed by atoms with E-state index in [2.05, 4.69) is 5.32 Å². The topological polar surface area (TPSA) is 12.0 Å². The fourth-order valence-corrected chi connectivity index (χ4v) is 2.42. The van der Waals surface area contributed by atoms with E-state index in [1.807, 2.05) is 38.1 Å². The molecule has 0 heterocycles. The van der Waals surface area contributed by atoms with Crippen LogP contribution in [0.3, 0.4) is 0 Å². The molecule has 0 bridgehead atoms. The number of hydrogen-bond acceptors (Lipinski definition) is 1. The third kappa shape index (κ3) is 3.32. The molecule has 1 N–H and O–H groups in total. The minimum absolute atomic E-state index is 0.107. The first-order chi connectivity index (χ1) is 9.52. The van der Waals surface area contributed by atoms with Crippen LogP contribution >= 0.6 is 23.2 Å². The van der Waals surface area contributed by atoms with E-state index in [0.29, 0.717) is 5.02 Å². The average molecular weight is 312 g/mol. The summed E-state index contributed by atoms with van der Waals surface area (Å²) >= 11 is 11.9. The van der Waals surface area contributed by atoms with Crippen LogP contribution in [0.15, 0.2) is 36.4 Å². The van der Waals surface area contributed by atoms with Crippen LogP contribution < -0.4 is 5.32 Å². The Morgan fingerprint density at radius 3 is 2.30 bits per heavy atom. The van der Waals surface area contributed by atoms with Gasteiger partial charge in [-0.2, -0.15) is 0 Å². The quantitative estimate of drug-likeness (QED) is 0.824. The Balaban J connectivity index is 2.44. The third-order valence-corrected chi connectivity index (χ3v) is 3.93. The summed E-state index contributed by atoms with van der Waals surface area (Å²) in [6, 6.07) is 10.6. The second kappa shape index (κ2) is 6.57. The number of hydrogen-bond donors (Lipinski definition) is 1. The van der Waals surface area contributed by atoms with Gasteiger partial charge in [-0.05, 0) is 48.4 Å². The zero-order chi connectivity index (χ0) is 14.7. The average Bonchev–Trinajstić information content (AvgIpc) is 2.43. The zero-order valence-corrected chi connectivity index (χ0v) is 12.9. The minimum Gasteiger partial charge on any atom is -0.307 e. The second-order valence-corrected chi connectivity index (χ2v) is 5.49. The van der Waals surface area contributed by atoms with E-state index in [1.54, 1.807) is 6.07 Å². The first kappa shape index (κ1) is 15.3. The maximum atomic E-state index is 13.7. The van der Waals surface area contributed by atoms with E-state index < -0.39 is 5.82 Å². The van der Waals surface area contributed by atoms with Crippen LogP contribution in [0.25, 0.3) is 0 Å². The lowest BCUT2D eigenvalue weighted by atomic mass is 9.97. The van der Waals surface area contributed by atoms with Crippen molar-refractivity contribution in [1.29, 1.82) is 0 Å². The monoisotopic (exact) mass is 311 g/mol. The Bertz CT molecular complexity index is 562. The zero-order valence-electron chi connectivity index (χ0n) is 11.4. The molecule has 1 nitrogen and oxygen atoms in total. The molecular weight excluding hydrogens is 296 g/mol. The van der Waals surface area contributed by atoms with Crippen LogP contribution in [-0.2, 0) is 0 Å². The highest BCUT2D eigenvalue weighted by Gasteiger charge is 2.15. The number of aryl methyl sites for hydroxylation is 1. The van der Waals surface area contributed by atoms with Crippen molar-refractivity contribution in [1.82, 2.24) is 5.32 Å². The molecule has 2 rings (SSSR count). The summed E-state index contributed by atoms with van der Waals surface area (Å²) in [5, 5.41) is 4.18. The van der Waals surface area contributed by atoms with E-state index >= 15 is 0 Å². The molecule has 0 aromatic heterocycles. The third-order valence-electron chi connectivity index (χ3n) is 3.21. The molecule has 106 valence electrons. The van der Waals surface area contributed by atoms with Gasteiger partial charge in [-0.25, -0.2) is 4.39 Å². The molecule has 2 aromatic rings. The Morgan fingerprint density at radius 2 is 1.70 bits per heavy atom. The van der Waals surface area contributed by atoms with E-state index in [-0.39, 0.29) is 11.1 Å². The molecule has 0 spiro atoms. The Kier molecular flexibility index (Phi) is 5.03. The summed E-state index contributed by atoms with van der Waals surface area (Å²) in [5.41, 5.74) is 2.85. The van der Waals surface area contributed by atoms with Crippen molar-refractivity contribution in [3.8, 4) is 0 Å². The Morgan fingerprint density at radius 1 is 1.05 bits per heavy atom. The highest BCUT2D eigenvalue weighted by Crippen LogP contribution is 2.28. The van der Waals surface area contributed by atoms with Crippen molar-refractivity contribution < 1.29 is 4.39 Å². The van der Waals surface area contributed by atoms with Crippen LogP contribution in [0, 0.1) is 12.7 Å². The van der Waals surface area contributed by atoms with Gasteiger partial charge in [-0.15, -0.1) is 0 Å². The molecule has 1 unspecified atom stereocenters. The van der Waals surface area contributed by atoms with Crippen molar-refractivity contribution in [2.75, 3.05) is 6.54 Å². The number of benzene rings is 2. The normalized spacial score (nSPS) is 12.4. The molecule has 0 aliphatic heterocycles. The molecule has 0 aliphatic carbocycles. The van der Waals surface area contributed by atoms with Gasteiger partial charge >= 0.3 is 0 Å². The SMILES string of the molecule is CCNC(c1ccc(Cl)c(F)c1)c1ccc(C)c(Cl)c1. The van der Waals surface area contributed by atoms with Gasteiger partial charge in [0.05, 0.1) is 11.1 Å². The van der Waals surface area contributed by atoms with Crippen LogP contribution in [0.4, 0.5) is 4.39 Å². The molecule has 1 atom stereocenters. The number of rotatable bonds is 4.